The highest BCUT2D eigenvalue weighted by Crippen LogP contribution is 2.25. The molecule has 0 aromatic rings. The van der Waals surface area contributed by atoms with Crippen molar-refractivity contribution < 1.29 is 56.5 Å². The maximum atomic E-state index is 10.7. The van der Waals surface area contributed by atoms with Gasteiger partial charge < -0.3 is 39.4 Å². The van der Waals surface area contributed by atoms with E-state index >= 15 is 0 Å². The van der Waals surface area contributed by atoms with Gasteiger partial charge in [0.25, 0.3) is 0 Å². The fraction of sp³-hybridized carbons (Fsp3) is 1.00. The van der Waals surface area contributed by atoms with Gasteiger partial charge in [0.15, 0.2) is 12.6 Å². The Balaban J connectivity index is 1.95. The Morgan fingerprint density at radius 2 is 1.38 bits per heavy atom. The molecule has 0 amide bonds. The van der Waals surface area contributed by atoms with E-state index < -0.39 is 66.2 Å². The maximum Gasteiger partial charge on any atom is 0.397 e. The molecular formula is C11H20O12S. The summed E-state index contributed by atoms with van der Waals surface area (Å²) in [6.07, 6.45) is -11.4. The first kappa shape index (κ1) is 19.9. The predicted octanol–water partition coefficient (Wildman–Crippen LogP) is -3.64. The van der Waals surface area contributed by atoms with E-state index in [1.54, 1.807) is 0 Å². The largest absolute Gasteiger partial charge is 0.397 e. The van der Waals surface area contributed by atoms with Crippen molar-refractivity contribution in [1.29, 1.82) is 0 Å². The minimum atomic E-state index is -4.85. The molecular weight excluding hydrogens is 356 g/mol. The molecule has 2 heterocycles. The van der Waals surface area contributed by atoms with Crippen LogP contribution in [0.2, 0.25) is 0 Å². The summed E-state index contributed by atoms with van der Waals surface area (Å²) in [5.74, 6) is 0. The van der Waals surface area contributed by atoms with Gasteiger partial charge in [-0.1, -0.05) is 0 Å². The Labute approximate surface area is 137 Å². The molecule has 2 aliphatic heterocycles. The molecule has 0 aromatic carbocycles. The number of ether oxygens (including phenoxy) is 4. The van der Waals surface area contributed by atoms with Crippen molar-refractivity contribution in [2.75, 3.05) is 20.3 Å². The van der Waals surface area contributed by atoms with Crippen LogP contribution in [-0.4, -0.2) is 103 Å². The van der Waals surface area contributed by atoms with Crippen LogP contribution in [0.3, 0.4) is 0 Å². The second-order valence-corrected chi connectivity index (χ2v) is 6.39. The number of aliphatic hydroxyl groups is 4. The normalized spacial score (nSPS) is 44.4. The average molecular weight is 376 g/mol. The summed E-state index contributed by atoms with van der Waals surface area (Å²) in [5.41, 5.74) is 0. The summed E-state index contributed by atoms with van der Waals surface area (Å²) in [5, 5.41) is 39.5. The van der Waals surface area contributed by atoms with Crippen LogP contribution >= 0.6 is 0 Å². The SMILES string of the molecule is CO[C@@H]1OC[C@@H](O[C@@H]2OC[C@@H](OS(=O)(=O)O)[C@H](O)[C@H]2O)[C@H](O)[C@H]1O. The highest BCUT2D eigenvalue weighted by Gasteiger charge is 2.46. The van der Waals surface area contributed by atoms with Crippen LogP contribution in [0.4, 0.5) is 0 Å². The standard InChI is InChI=1S/C11H20O12S/c1-19-10-8(14)6(12)4(2-20-10)22-11-9(15)7(13)5(3-21-11)23-24(16,17)18/h4-15H,2-3H2,1H3,(H,16,17,18)/t4-,5-,6+,7+,8-,9-,10-,11+/m1/s1. The maximum absolute atomic E-state index is 10.7. The van der Waals surface area contributed by atoms with Crippen LogP contribution in [0.5, 0.6) is 0 Å². The summed E-state index contributed by atoms with van der Waals surface area (Å²) >= 11 is 0. The van der Waals surface area contributed by atoms with Crippen LogP contribution < -0.4 is 0 Å². The van der Waals surface area contributed by atoms with Crippen LogP contribution in [0.15, 0.2) is 0 Å². The van der Waals surface area contributed by atoms with Gasteiger partial charge in [-0.2, -0.15) is 8.42 Å². The van der Waals surface area contributed by atoms with Gasteiger partial charge in [-0.15, -0.1) is 0 Å². The van der Waals surface area contributed by atoms with E-state index in [1.165, 1.54) is 7.11 Å². The van der Waals surface area contributed by atoms with Crippen molar-refractivity contribution >= 4 is 10.4 Å². The molecule has 2 aliphatic rings. The average Bonchev–Trinajstić information content (AvgIpc) is 2.50. The minimum Gasteiger partial charge on any atom is -0.387 e. The van der Waals surface area contributed by atoms with E-state index in [0.29, 0.717) is 0 Å². The van der Waals surface area contributed by atoms with E-state index in [1.807, 2.05) is 0 Å². The number of hydrogen-bond acceptors (Lipinski definition) is 11. The number of aliphatic hydroxyl groups excluding tert-OH is 4. The summed E-state index contributed by atoms with van der Waals surface area (Å²) in [7, 11) is -3.57. The summed E-state index contributed by atoms with van der Waals surface area (Å²) in [6.45, 7) is -0.708. The second-order valence-electron chi connectivity index (χ2n) is 5.34. The number of methoxy groups -OCH3 is 1. The first-order valence-corrected chi connectivity index (χ1v) is 8.30. The number of hydrogen-bond donors (Lipinski definition) is 5. The van der Waals surface area contributed by atoms with Gasteiger partial charge in [0.1, 0.15) is 36.6 Å². The summed E-state index contributed by atoms with van der Waals surface area (Å²) in [6, 6.07) is 0. The molecule has 24 heavy (non-hydrogen) atoms. The van der Waals surface area contributed by atoms with Gasteiger partial charge in [-0.05, 0) is 0 Å². The Morgan fingerprint density at radius 1 is 0.875 bits per heavy atom. The molecule has 8 atom stereocenters. The molecule has 0 aliphatic carbocycles. The van der Waals surface area contributed by atoms with Gasteiger partial charge in [0.2, 0.25) is 0 Å². The summed E-state index contributed by atoms with van der Waals surface area (Å²) in [4.78, 5) is 0. The fourth-order valence-corrected chi connectivity index (χ4v) is 2.88. The fourth-order valence-electron chi connectivity index (χ4n) is 2.40. The highest BCUT2D eigenvalue weighted by atomic mass is 32.3. The van der Waals surface area contributed by atoms with Crippen LogP contribution in [-0.2, 0) is 33.5 Å². The van der Waals surface area contributed by atoms with Crippen molar-refractivity contribution in [2.24, 2.45) is 0 Å². The van der Waals surface area contributed by atoms with Crippen LogP contribution in [0.1, 0.15) is 0 Å². The predicted molar refractivity (Wildman–Crippen MR) is 71.8 cm³/mol. The molecule has 142 valence electrons. The van der Waals surface area contributed by atoms with E-state index in [0.717, 1.165) is 0 Å². The molecule has 2 fully saturated rings. The first-order chi connectivity index (χ1) is 11.1. The smallest absolute Gasteiger partial charge is 0.387 e. The number of rotatable bonds is 5. The van der Waals surface area contributed by atoms with E-state index in [2.05, 4.69) is 4.18 Å². The van der Waals surface area contributed by atoms with E-state index in [-0.39, 0.29) is 6.61 Å². The molecule has 13 heteroatoms. The van der Waals surface area contributed by atoms with Crippen molar-refractivity contribution in [2.45, 2.75) is 49.2 Å². The topological polar surface area (TPSA) is 181 Å². The molecule has 0 saturated carbocycles. The minimum absolute atomic E-state index is 0.190. The quantitative estimate of drug-likeness (QED) is 0.297. The summed E-state index contributed by atoms with van der Waals surface area (Å²) < 4.78 is 54.3. The Hall–Kier alpha value is -0.450. The van der Waals surface area contributed by atoms with E-state index in [4.69, 9.17) is 23.5 Å². The van der Waals surface area contributed by atoms with Crippen molar-refractivity contribution in [1.82, 2.24) is 0 Å². The molecule has 5 N–H and O–H groups in total. The van der Waals surface area contributed by atoms with Crippen molar-refractivity contribution in [3.63, 3.8) is 0 Å². The molecule has 0 bridgehead atoms. The van der Waals surface area contributed by atoms with Crippen LogP contribution in [0, 0.1) is 0 Å². The Kier molecular flexibility index (Phi) is 6.49. The Morgan fingerprint density at radius 3 is 1.96 bits per heavy atom. The van der Waals surface area contributed by atoms with Gasteiger partial charge in [0, 0.05) is 7.11 Å². The van der Waals surface area contributed by atoms with Gasteiger partial charge in [0.05, 0.1) is 13.2 Å². The molecule has 0 spiro atoms. The zero-order chi connectivity index (χ0) is 18.1. The molecule has 0 radical (unpaired) electrons. The molecule has 2 saturated heterocycles. The third-order valence-electron chi connectivity index (χ3n) is 3.66. The lowest BCUT2D eigenvalue weighted by Crippen LogP contribution is -2.60. The zero-order valence-electron chi connectivity index (χ0n) is 12.5. The third-order valence-corrected chi connectivity index (χ3v) is 4.15. The Bertz CT molecular complexity index is 511. The molecule has 0 unspecified atom stereocenters. The monoisotopic (exact) mass is 376 g/mol. The zero-order valence-corrected chi connectivity index (χ0v) is 13.4. The van der Waals surface area contributed by atoms with Crippen molar-refractivity contribution in [3.05, 3.63) is 0 Å². The van der Waals surface area contributed by atoms with Gasteiger partial charge in [-0.3, -0.25) is 4.55 Å². The first-order valence-electron chi connectivity index (χ1n) is 6.93. The van der Waals surface area contributed by atoms with Gasteiger partial charge >= 0.3 is 10.4 Å². The second kappa shape index (κ2) is 7.84. The lowest BCUT2D eigenvalue weighted by atomic mass is 10.0. The van der Waals surface area contributed by atoms with E-state index in [9.17, 15) is 28.8 Å². The molecule has 0 aromatic heterocycles. The molecule has 12 nitrogen and oxygen atoms in total. The molecule has 2 rings (SSSR count). The lowest BCUT2D eigenvalue weighted by molar-refractivity contribution is -0.324. The van der Waals surface area contributed by atoms with Crippen molar-refractivity contribution in [3.8, 4) is 0 Å². The lowest BCUT2D eigenvalue weighted by Gasteiger charge is -2.41. The van der Waals surface area contributed by atoms with Gasteiger partial charge in [-0.25, -0.2) is 4.18 Å². The van der Waals surface area contributed by atoms with Crippen LogP contribution in [0.25, 0.3) is 0 Å². The highest BCUT2D eigenvalue weighted by molar-refractivity contribution is 7.80. The third kappa shape index (κ3) is 4.59.